The molecule has 3 rings (SSSR count). The number of para-hydroxylation sites is 1. The van der Waals surface area contributed by atoms with Crippen molar-refractivity contribution in [2.45, 2.75) is 18.7 Å². The lowest BCUT2D eigenvalue weighted by molar-refractivity contribution is 0.101. The predicted molar refractivity (Wildman–Crippen MR) is 115 cm³/mol. The molecule has 1 heterocycles. The number of carbonyl (C=O) groups is 1. The molecular formula is C21H21FN4O4S. The molecule has 31 heavy (non-hydrogen) atoms. The maximum atomic E-state index is 14.2. The maximum absolute atomic E-state index is 14.2. The Kier molecular flexibility index (Phi) is 6.05. The number of benzene rings is 2. The summed E-state index contributed by atoms with van der Waals surface area (Å²) in [4.78, 5) is 25.2. The molecule has 1 N–H and O–H groups in total. The van der Waals surface area contributed by atoms with E-state index in [9.17, 15) is 22.4 Å². The molecule has 0 radical (unpaired) electrons. The second-order valence-corrected chi connectivity index (χ2v) is 9.23. The lowest BCUT2D eigenvalue weighted by Crippen LogP contribution is -2.27. The van der Waals surface area contributed by atoms with Gasteiger partial charge in [-0.2, -0.15) is 5.10 Å². The van der Waals surface area contributed by atoms with Crippen LogP contribution in [0, 0.1) is 19.7 Å². The third kappa shape index (κ3) is 4.39. The first-order valence-corrected chi connectivity index (χ1v) is 10.7. The van der Waals surface area contributed by atoms with Gasteiger partial charge in [0.25, 0.3) is 5.91 Å². The Morgan fingerprint density at radius 1 is 1.10 bits per heavy atom. The van der Waals surface area contributed by atoms with Crippen LogP contribution in [0.25, 0.3) is 5.69 Å². The van der Waals surface area contributed by atoms with Crippen LogP contribution in [0.1, 0.15) is 21.7 Å². The molecule has 0 atom stereocenters. The largest absolute Gasteiger partial charge is 0.320 e. The van der Waals surface area contributed by atoms with Crippen LogP contribution in [0.3, 0.4) is 0 Å². The van der Waals surface area contributed by atoms with E-state index in [0.29, 0.717) is 11.3 Å². The van der Waals surface area contributed by atoms with Crippen molar-refractivity contribution in [2.24, 2.45) is 0 Å². The molecule has 2 aromatic carbocycles. The molecule has 162 valence electrons. The van der Waals surface area contributed by atoms with E-state index in [2.05, 4.69) is 10.4 Å². The van der Waals surface area contributed by atoms with E-state index in [0.717, 1.165) is 4.31 Å². The molecule has 1 amide bonds. The average Bonchev–Trinajstić information content (AvgIpc) is 2.70. The molecule has 0 saturated carbocycles. The quantitative estimate of drug-likeness (QED) is 0.652. The Morgan fingerprint density at radius 2 is 1.77 bits per heavy atom. The Bertz CT molecular complexity index is 1330. The van der Waals surface area contributed by atoms with Crippen molar-refractivity contribution >= 4 is 21.6 Å². The van der Waals surface area contributed by atoms with Crippen molar-refractivity contribution in [3.05, 3.63) is 81.5 Å². The smallest absolute Gasteiger partial charge is 0.280 e. The summed E-state index contributed by atoms with van der Waals surface area (Å²) in [6, 6.07) is 11.3. The van der Waals surface area contributed by atoms with Gasteiger partial charge in [-0.05, 0) is 43.7 Å². The van der Waals surface area contributed by atoms with Crippen LogP contribution in [0.5, 0.6) is 0 Å². The van der Waals surface area contributed by atoms with Crippen LogP contribution in [0.15, 0.2) is 58.2 Å². The first-order valence-electron chi connectivity index (χ1n) is 9.23. The number of nitrogens with one attached hydrogen (secondary N) is 1. The van der Waals surface area contributed by atoms with Crippen molar-refractivity contribution in [2.75, 3.05) is 19.4 Å². The monoisotopic (exact) mass is 444 g/mol. The van der Waals surface area contributed by atoms with E-state index in [1.54, 1.807) is 26.0 Å². The number of hydrogen-bond acceptors (Lipinski definition) is 5. The highest BCUT2D eigenvalue weighted by molar-refractivity contribution is 7.89. The molecule has 0 spiro atoms. The molecule has 3 aromatic rings. The van der Waals surface area contributed by atoms with Crippen LogP contribution in [-0.4, -0.2) is 42.5 Å². The van der Waals surface area contributed by atoms with Crippen LogP contribution >= 0.6 is 0 Å². The third-order valence-corrected chi connectivity index (χ3v) is 6.45. The van der Waals surface area contributed by atoms with Crippen LogP contribution in [-0.2, 0) is 10.0 Å². The van der Waals surface area contributed by atoms with E-state index in [1.807, 2.05) is 0 Å². The fraction of sp³-hybridized carbons (Fsp3) is 0.190. The molecular weight excluding hydrogens is 423 g/mol. The highest BCUT2D eigenvalue weighted by Crippen LogP contribution is 2.22. The normalized spacial score (nSPS) is 11.5. The number of hydrogen-bond donors (Lipinski definition) is 1. The minimum Gasteiger partial charge on any atom is -0.320 e. The van der Waals surface area contributed by atoms with Crippen molar-refractivity contribution in [1.82, 2.24) is 14.1 Å². The fourth-order valence-corrected chi connectivity index (χ4v) is 3.79. The van der Waals surface area contributed by atoms with E-state index >= 15 is 0 Å². The van der Waals surface area contributed by atoms with Crippen LogP contribution in [0.4, 0.5) is 10.1 Å². The van der Waals surface area contributed by atoms with Gasteiger partial charge in [0.05, 0.1) is 4.90 Å². The Hall–Kier alpha value is -3.37. The zero-order valence-electron chi connectivity index (χ0n) is 17.4. The number of halogens is 1. The summed E-state index contributed by atoms with van der Waals surface area (Å²) in [5, 5.41) is 6.59. The van der Waals surface area contributed by atoms with Gasteiger partial charge in [0, 0.05) is 31.5 Å². The average molecular weight is 444 g/mol. The number of rotatable bonds is 5. The molecule has 8 nitrogen and oxygen atoms in total. The van der Waals surface area contributed by atoms with Gasteiger partial charge in [-0.25, -0.2) is 21.8 Å². The van der Waals surface area contributed by atoms with Gasteiger partial charge in [0.2, 0.25) is 15.5 Å². The molecule has 0 bridgehead atoms. The second-order valence-electron chi connectivity index (χ2n) is 7.08. The minimum atomic E-state index is -3.72. The van der Waals surface area contributed by atoms with Crippen molar-refractivity contribution in [3.63, 3.8) is 0 Å². The van der Waals surface area contributed by atoms with E-state index < -0.39 is 32.9 Å². The first kappa shape index (κ1) is 22.3. The number of aromatic nitrogens is 2. The molecule has 0 saturated heterocycles. The van der Waals surface area contributed by atoms with Crippen molar-refractivity contribution in [3.8, 4) is 5.69 Å². The van der Waals surface area contributed by atoms with Crippen LogP contribution in [0.2, 0.25) is 0 Å². The molecule has 0 aliphatic heterocycles. The number of sulfonamides is 1. The minimum absolute atomic E-state index is 0.0148. The molecule has 0 aliphatic carbocycles. The van der Waals surface area contributed by atoms with Crippen LogP contribution < -0.4 is 10.7 Å². The molecule has 0 unspecified atom stereocenters. The number of aryl methyl sites for hydroxylation is 2. The molecule has 0 fully saturated rings. The SMILES string of the molecule is Cc1ccc(S(=O)(=O)N(C)C)cc1NC(=O)c1nn(-c2ccccc2F)c(C)cc1=O. The number of nitrogens with zero attached hydrogens (tertiary/aromatic N) is 3. The number of amides is 1. The van der Waals surface area contributed by atoms with E-state index in [1.165, 1.54) is 55.2 Å². The standard InChI is InChI=1S/C21H21FN4O4S/c1-13-9-10-15(31(29,30)25(3)4)12-17(13)23-21(28)20-19(27)11-14(2)26(24-20)18-8-6-5-7-16(18)22/h5-12H,1-4H3,(H,23,28). The summed E-state index contributed by atoms with van der Waals surface area (Å²) in [5.74, 6) is -1.40. The highest BCUT2D eigenvalue weighted by atomic mass is 32.2. The zero-order chi connectivity index (χ0) is 22.9. The van der Waals surface area contributed by atoms with Gasteiger partial charge in [-0.3, -0.25) is 9.59 Å². The lowest BCUT2D eigenvalue weighted by atomic mass is 10.2. The summed E-state index contributed by atoms with van der Waals surface area (Å²) in [6.07, 6.45) is 0. The van der Waals surface area contributed by atoms with Gasteiger partial charge in [-0.1, -0.05) is 18.2 Å². The summed E-state index contributed by atoms with van der Waals surface area (Å²) in [7, 11) is -0.924. The number of carbonyl (C=O) groups excluding carboxylic acids is 1. The zero-order valence-corrected chi connectivity index (χ0v) is 18.2. The first-order chi connectivity index (χ1) is 14.5. The number of anilines is 1. The molecule has 1 aromatic heterocycles. The predicted octanol–water partition coefficient (Wildman–Crippen LogP) is 2.49. The summed E-state index contributed by atoms with van der Waals surface area (Å²) >= 11 is 0. The van der Waals surface area contributed by atoms with Crippen molar-refractivity contribution in [1.29, 1.82) is 0 Å². The van der Waals surface area contributed by atoms with Gasteiger partial charge < -0.3 is 5.32 Å². The highest BCUT2D eigenvalue weighted by Gasteiger charge is 2.21. The van der Waals surface area contributed by atoms with Gasteiger partial charge in [0.1, 0.15) is 11.5 Å². The fourth-order valence-electron chi connectivity index (χ4n) is 2.86. The summed E-state index contributed by atoms with van der Waals surface area (Å²) in [5.41, 5.74) is 0.150. The van der Waals surface area contributed by atoms with E-state index in [-0.39, 0.29) is 16.3 Å². The summed E-state index contributed by atoms with van der Waals surface area (Å²) in [6.45, 7) is 3.25. The summed E-state index contributed by atoms with van der Waals surface area (Å²) < 4.78 is 41.2. The third-order valence-electron chi connectivity index (χ3n) is 4.64. The van der Waals surface area contributed by atoms with Gasteiger partial charge in [-0.15, -0.1) is 0 Å². The van der Waals surface area contributed by atoms with E-state index in [4.69, 9.17) is 0 Å². The molecule has 10 heteroatoms. The van der Waals surface area contributed by atoms with Crippen molar-refractivity contribution < 1.29 is 17.6 Å². The maximum Gasteiger partial charge on any atom is 0.280 e. The van der Waals surface area contributed by atoms with Gasteiger partial charge >= 0.3 is 0 Å². The van der Waals surface area contributed by atoms with Gasteiger partial charge in [0.15, 0.2) is 5.69 Å². The Balaban J connectivity index is 2.03. The lowest BCUT2D eigenvalue weighted by Gasteiger charge is -2.15. The molecule has 0 aliphatic rings. The Labute approximate surface area is 179 Å². The second kappa shape index (κ2) is 8.40. The topological polar surface area (TPSA) is 101 Å². The Morgan fingerprint density at radius 3 is 2.42 bits per heavy atom.